The first-order valence-electron chi connectivity index (χ1n) is 8.18. The quantitative estimate of drug-likeness (QED) is 0.405. The lowest BCUT2D eigenvalue weighted by Crippen LogP contribution is -2.18. The van der Waals surface area contributed by atoms with Crippen LogP contribution in [0.1, 0.15) is 41.4 Å². The standard InChI is InChI=1S/C20H18O8/c1-25-17(21)13-7-3-5-9-15(13)19(23)27-11-12-28-20(24)16-10-6-4-8-14(16)18(22)26-2/h3-10H,11-12H2,1-2H3. The van der Waals surface area contributed by atoms with Crippen LogP contribution in [0.4, 0.5) is 0 Å². The summed E-state index contributed by atoms with van der Waals surface area (Å²) in [6.45, 7) is -0.471. The molecule has 0 N–H and O–H groups in total. The molecule has 0 aliphatic rings. The largest absolute Gasteiger partial charge is 0.465 e. The maximum Gasteiger partial charge on any atom is 0.339 e. The summed E-state index contributed by atoms with van der Waals surface area (Å²) >= 11 is 0. The third kappa shape index (κ3) is 4.94. The topological polar surface area (TPSA) is 105 Å². The van der Waals surface area contributed by atoms with Gasteiger partial charge in [-0.3, -0.25) is 0 Å². The number of methoxy groups -OCH3 is 2. The van der Waals surface area contributed by atoms with Crippen molar-refractivity contribution < 1.29 is 38.1 Å². The number of hydrogen-bond acceptors (Lipinski definition) is 8. The van der Waals surface area contributed by atoms with Gasteiger partial charge in [0.2, 0.25) is 0 Å². The molecule has 0 spiro atoms. The Labute approximate surface area is 161 Å². The van der Waals surface area contributed by atoms with Gasteiger partial charge in [-0.2, -0.15) is 0 Å². The normalized spacial score (nSPS) is 9.93. The van der Waals surface area contributed by atoms with Crippen LogP contribution in [0.3, 0.4) is 0 Å². The highest BCUT2D eigenvalue weighted by Gasteiger charge is 2.20. The van der Waals surface area contributed by atoms with Gasteiger partial charge in [0.1, 0.15) is 13.2 Å². The first kappa shape index (κ1) is 20.6. The van der Waals surface area contributed by atoms with Gasteiger partial charge >= 0.3 is 23.9 Å². The molecule has 8 heteroatoms. The van der Waals surface area contributed by atoms with E-state index in [2.05, 4.69) is 9.47 Å². The molecular weight excluding hydrogens is 368 g/mol. The van der Waals surface area contributed by atoms with Crippen LogP contribution in [0.25, 0.3) is 0 Å². The van der Waals surface area contributed by atoms with E-state index in [4.69, 9.17) is 9.47 Å². The minimum absolute atomic E-state index is 0.0386. The van der Waals surface area contributed by atoms with E-state index in [1.807, 2.05) is 0 Å². The third-order valence-electron chi connectivity index (χ3n) is 3.65. The zero-order chi connectivity index (χ0) is 20.5. The summed E-state index contributed by atoms with van der Waals surface area (Å²) in [5, 5.41) is 0. The zero-order valence-electron chi connectivity index (χ0n) is 15.3. The summed E-state index contributed by atoms with van der Waals surface area (Å²) < 4.78 is 19.3. The van der Waals surface area contributed by atoms with Crippen LogP contribution in [0.2, 0.25) is 0 Å². The molecule has 0 aliphatic carbocycles. The fraction of sp³-hybridized carbons (Fsp3) is 0.200. The van der Waals surface area contributed by atoms with Crippen LogP contribution in [0.15, 0.2) is 48.5 Å². The van der Waals surface area contributed by atoms with E-state index in [0.29, 0.717) is 0 Å². The number of benzene rings is 2. The summed E-state index contributed by atoms with van der Waals surface area (Å²) in [5.41, 5.74) is 0.214. The van der Waals surface area contributed by atoms with Gasteiger partial charge in [0.05, 0.1) is 36.5 Å². The van der Waals surface area contributed by atoms with Crippen LogP contribution < -0.4 is 0 Å². The van der Waals surface area contributed by atoms with Crippen molar-refractivity contribution in [2.24, 2.45) is 0 Å². The molecule has 0 amide bonds. The lowest BCUT2D eigenvalue weighted by Gasteiger charge is -2.10. The van der Waals surface area contributed by atoms with Gasteiger partial charge in [-0.1, -0.05) is 24.3 Å². The molecule has 0 unspecified atom stereocenters. The molecule has 0 aromatic heterocycles. The second-order valence-corrected chi connectivity index (χ2v) is 5.35. The zero-order valence-corrected chi connectivity index (χ0v) is 15.3. The number of ether oxygens (including phenoxy) is 4. The second kappa shape index (κ2) is 9.86. The summed E-state index contributed by atoms with van der Waals surface area (Å²) in [7, 11) is 2.41. The van der Waals surface area contributed by atoms with Gasteiger partial charge in [0, 0.05) is 0 Å². The van der Waals surface area contributed by atoms with Gasteiger partial charge in [-0.15, -0.1) is 0 Å². The lowest BCUT2D eigenvalue weighted by molar-refractivity contribution is 0.0261. The molecular formula is C20H18O8. The van der Waals surface area contributed by atoms with E-state index in [9.17, 15) is 19.2 Å². The molecule has 0 bridgehead atoms. The molecule has 0 saturated heterocycles. The monoisotopic (exact) mass is 386 g/mol. The minimum Gasteiger partial charge on any atom is -0.465 e. The van der Waals surface area contributed by atoms with Crippen molar-refractivity contribution in [2.75, 3.05) is 27.4 Å². The van der Waals surface area contributed by atoms with E-state index < -0.39 is 23.9 Å². The average Bonchev–Trinajstić information content (AvgIpc) is 2.75. The molecule has 0 aliphatic heterocycles. The molecule has 0 heterocycles. The molecule has 0 fully saturated rings. The van der Waals surface area contributed by atoms with Gasteiger partial charge in [-0.05, 0) is 24.3 Å². The van der Waals surface area contributed by atoms with E-state index in [1.54, 1.807) is 24.3 Å². The van der Waals surface area contributed by atoms with Crippen LogP contribution in [-0.4, -0.2) is 51.3 Å². The van der Waals surface area contributed by atoms with E-state index in [0.717, 1.165) is 0 Å². The van der Waals surface area contributed by atoms with Crippen molar-refractivity contribution in [2.45, 2.75) is 0 Å². The van der Waals surface area contributed by atoms with Crippen LogP contribution in [-0.2, 0) is 18.9 Å². The average molecular weight is 386 g/mol. The summed E-state index contributed by atoms with van der Waals surface area (Å²) in [4.78, 5) is 47.7. The first-order chi connectivity index (χ1) is 13.5. The Hall–Kier alpha value is -3.68. The number of rotatable bonds is 7. The Bertz CT molecular complexity index is 814. The highest BCUT2D eigenvalue weighted by Crippen LogP contribution is 2.13. The maximum absolute atomic E-state index is 12.2. The van der Waals surface area contributed by atoms with E-state index in [1.165, 1.54) is 38.5 Å². The molecule has 0 saturated carbocycles. The van der Waals surface area contributed by atoms with Gasteiger partial charge in [0.25, 0.3) is 0 Å². The minimum atomic E-state index is -0.757. The van der Waals surface area contributed by atoms with Crippen molar-refractivity contribution in [1.82, 2.24) is 0 Å². The third-order valence-corrected chi connectivity index (χ3v) is 3.65. The molecule has 8 nitrogen and oxygen atoms in total. The number of carbonyl (C=O) groups excluding carboxylic acids is 4. The molecule has 2 aromatic carbocycles. The van der Waals surface area contributed by atoms with E-state index >= 15 is 0 Å². The number of carbonyl (C=O) groups is 4. The Morgan fingerprint density at radius 2 is 0.857 bits per heavy atom. The van der Waals surface area contributed by atoms with Crippen molar-refractivity contribution in [3.8, 4) is 0 Å². The lowest BCUT2D eigenvalue weighted by atomic mass is 10.1. The molecule has 146 valence electrons. The molecule has 0 atom stereocenters. The molecule has 28 heavy (non-hydrogen) atoms. The fourth-order valence-electron chi connectivity index (χ4n) is 2.32. The highest BCUT2D eigenvalue weighted by molar-refractivity contribution is 6.03. The number of esters is 4. The predicted molar refractivity (Wildman–Crippen MR) is 96.1 cm³/mol. The van der Waals surface area contributed by atoms with Crippen molar-refractivity contribution in [3.05, 3.63) is 70.8 Å². The molecule has 0 radical (unpaired) electrons. The maximum atomic E-state index is 12.2. The molecule has 2 aromatic rings. The smallest absolute Gasteiger partial charge is 0.339 e. The predicted octanol–water partition coefficient (Wildman–Crippen LogP) is 2.27. The van der Waals surface area contributed by atoms with Gasteiger partial charge in [-0.25, -0.2) is 19.2 Å². The Morgan fingerprint density at radius 3 is 1.14 bits per heavy atom. The Balaban J connectivity index is 1.94. The van der Waals surface area contributed by atoms with Crippen molar-refractivity contribution in [1.29, 1.82) is 0 Å². The van der Waals surface area contributed by atoms with Crippen molar-refractivity contribution in [3.63, 3.8) is 0 Å². The van der Waals surface area contributed by atoms with Gasteiger partial charge in [0.15, 0.2) is 0 Å². The van der Waals surface area contributed by atoms with Crippen LogP contribution in [0.5, 0.6) is 0 Å². The highest BCUT2D eigenvalue weighted by atomic mass is 16.6. The van der Waals surface area contributed by atoms with E-state index in [-0.39, 0.29) is 35.5 Å². The van der Waals surface area contributed by atoms with Crippen molar-refractivity contribution >= 4 is 23.9 Å². The van der Waals surface area contributed by atoms with Crippen LogP contribution >= 0.6 is 0 Å². The fourth-order valence-corrected chi connectivity index (χ4v) is 2.32. The molecule has 2 rings (SSSR count). The Morgan fingerprint density at radius 1 is 0.571 bits per heavy atom. The van der Waals surface area contributed by atoms with Gasteiger partial charge < -0.3 is 18.9 Å². The van der Waals surface area contributed by atoms with Crippen LogP contribution in [0, 0.1) is 0 Å². The Kier molecular flexibility index (Phi) is 7.27. The summed E-state index contributed by atoms with van der Waals surface area (Å²) in [6, 6.07) is 12.0. The number of hydrogen-bond donors (Lipinski definition) is 0. The SMILES string of the molecule is COC(=O)c1ccccc1C(=O)OCCOC(=O)c1ccccc1C(=O)OC. The summed E-state index contributed by atoms with van der Waals surface area (Å²) in [6.07, 6.45) is 0. The summed E-state index contributed by atoms with van der Waals surface area (Å²) in [5.74, 6) is -2.85. The first-order valence-corrected chi connectivity index (χ1v) is 8.18. The second-order valence-electron chi connectivity index (χ2n) is 5.35.